The Kier molecular flexibility index (Phi) is 4.42. The molecule has 2 aliphatic rings. The molecule has 2 aliphatic heterocycles. The van der Waals surface area contributed by atoms with E-state index in [2.05, 4.69) is 5.32 Å². The Bertz CT molecular complexity index is 853. The van der Waals surface area contributed by atoms with Crippen LogP contribution < -0.4 is 19.7 Å². The van der Waals surface area contributed by atoms with Gasteiger partial charge >= 0.3 is 0 Å². The van der Waals surface area contributed by atoms with Crippen molar-refractivity contribution >= 4 is 29.1 Å². The van der Waals surface area contributed by atoms with Gasteiger partial charge in [0, 0.05) is 41.7 Å². The molecule has 1 fully saturated rings. The molecular formula is C19H17ClN2O4. The fourth-order valence-electron chi connectivity index (χ4n) is 3.17. The number of benzene rings is 2. The summed E-state index contributed by atoms with van der Waals surface area (Å²) in [4.78, 5) is 26.3. The van der Waals surface area contributed by atoms with Gasteiger partial charge in [-0.1, -0.05) is 11.6 Å². The number of ether oxygens (including phenoxy) is 2. The molecule has 1 unspecified atom stereocenters. The van der Waals surface area contributed by atoms with Crippen LogP contribution in [0, 0.1) is 5.92 Å². The smallest absolute Gasteiger partial charge is 0.251 e. The minimum atomic E-state index is -0.194. The highest BCUT2D eigenvalue weighted by atomic mass is 35.5. The van der Waals surface area contributed by atoms with Crippen molar-refractivity contribution in [2.45, 2.75) is 6.42 Å². The molecule has 2 aromatic rings. The summed E-state index contributed by atoms with van der Waals surface area (Å²) in [5.41, 5.74) is 1.33. The van der Waals surface area contributed by atoms with Crippen LogP contribution in [0.4, 0.5) is 5.69 Å². The van der Waals surface area contributed by atoms with Gasteiger partial charge in [0.25, 0.3) is 5.91 Å². The molecule has 6 nitrogen and oxygen atoms in total. The van der Waals surface area contributed by atoms with Crippen LogP contribution in [0.5, 0.6) is 11.5 Å². The van der Waals surface area contributed by atoms with E-state index in [1.54, 1.807) is 35.2 Å². The number of carbonyl (C=O) groups excluding carboxylic acids is 2. The first-order valence-electron chi connectivity index (χ1n) is 8.34. The number of hydrogen-bond donors (Lipinski definition) is 1. The quantitative estimate of drug-likeness (QED) is 0.896. The van der Waals surface area contributed by atoms with Crippen LogP contribution in [-0.4, -0.2) is 31.7 Å². The Labute approximate surface area is 155 Å². The van der Waals surface area contributed by atoms with Crippen LogP contribution in [0.25, 0.3) is 0 Å². The van der Waals surface area contributed by atoms with Gasteiger partial charge in [-0.25, -0.2) is 0 Å². The van der Waals surface area contributed by atoms with Gasteiger partial charge in [-0.2, -0.15) is 0 Å². The summed E-state index contributed by atoms with van der Waals surface area (Å²) in [5.74, 6) is 1.13. The Morgan fingerprint density at radius 1 is 1.15 bits per heavy atom. The van der Waals surface area contributed by atoms with Crippen molar-refractivity contribution in [3.8, 4) is 11.5 Å². The maximum atomic E-state index is 12.4. The highest BCUT2D eigenvalue weighted by Gasteiger charge is 2.30. The van der Waals surface area contributed by atoms with Crippen LogP contribution in [0.1, 0.15) is 16.8 Å². The predicted octanol–water partition coefficient (Wildman–Crippen LogP) is 2.85. The first-order chi connectivity index (χ1) is 12.6. The molecule has 2 amide bonds. The molecule has 134 valence electrons. The zero-order valence-electron chi connectivity index (χ0n) is 13.9. The first kappa shape index (κ1) is 16.7. The summed E-state index contributed by atoms with van der Waals surface area (Å²) in [7, 11) is 0. The van der Waals surface area contributed by atoms with E-state index in [4.69, 9.17) is 21.1 Å². The lowest BCUT2D eigenvalue weighted by Crippen LogP contribution is -2.31. The van der Waals surface area contributed by atoms with Gasteiger partial charge in [0.05, 0.1) is 0 Å². The molecule has 0 saturated carbocycles. The molecule has 0 spiro atoms. The SMILES string of the molecule is O=C(NCC1CC(=O)N(c2ccc(Cl)cc2)C1)c1ccc2c(c1)OCO2. The number of hydrogen-bond acceptors (Lipinski definition) is 4. The third-order valence-corrected chi connectivity index (χ3v) is 4.78. The van der Waals surface area contributed by atoms with Crippen molar-refractivity contribution in [3.05, 3.63) is 53.1 Å². The highest BCUT2D eigenvalue weighted by molar-refractivity contribution is 6.30. The minimum Gasteiger partial charge on any atom is -0.454 e. The number of halogens is 1. The van der Waals surface area contributed by atoms with Crippen LogP contribution in [-0.2, 0) is 4.79 Å². The molecule has 2 heterocycles. The van der Waals surface area contributed by atoms with Gasteiger partial charge in [-0.15, -0.1) is 0 Å². The van der Waals surface area contributed by atoms with Gasteiger partial charge < -0.3 is 19.7 Å². The Morgan fingerprint density at radius 3 is 2.73 bits per heavy atom. The monoisotopic (exact) mass is 372 g/mol. The Morgan fingerprint density at radius 2 is 1.92 bits per heavy atom. The molecule has 1 N–H and O–H groups in total. The summed E-state index contributed by atoms with van der Waals surface area (Å²) >= 11 is 5.89. The number of nitrogens with zero attached hydrogens (tertiary/aromatic N) is 1. The van der Waals surface area contributed by atoms with Crippen molar-refractivity contribution in [1.29, 1.82) is 0 Å². The lowest BCUT2D eigenvalue weighted by Gasteiger charge is -2.17. The van der Waals surface area contributed by atoms with Crippen molar-refractivity contribution in [3.63, 3.8) is 0 Å². The van der Waals surface area contributed by atoms with E-state index < -0.39 is 0 Å². The molecule has 26 heavy (non-hydrogen) atoms. The van der Waals surface area contributed by atoms with E-state index >= 15 is 0 Å². The topological polar surface area (TPSA) is 67.9 Å². The highest BCUT2D eigenvalue weighted by Crippen LogP contribution is 2.32. The van der Waals surface area contributed by atoms with E-state index in [1.165, 1.54) is 0 Å². The summed E-state index contributed by atoms with van der Waals surface area (Å²) in [6.07, 6.45) is 0.407. The third-order valence-electron chi connectivity index (χ3n) is 4.53. The molecular weight excluding hydrogens is 356 g/mol. The third kappa shape index (κ3) is 3.32. The minimum absolute atomic E-state index is 0.0506. The fraction of sp³-hybridized carbons (Fsp3) is 0.263. The van der Waals surface area contributed by atoms with Crippen molar-refractivity contribution < 1.29 is 19.1 Å². The lowest BCUT2D eigenvalue weighted by atomic mass is 10.1. The Hall–Kier alpha value is -2.73. The summed E-state index contributed by atoms with van der Waals surface area (Å²) < 4.78 is 10.5. The summed E-state index contributed by atoms with van der Waals surface area (Å²) in [5, 5.41) is 3.53. The van der Waals surface area contributed by atoms with Crippen molar-refractivity contribution in [2.24, 2.45) is 5.92 Å². The molecule has 7 heteroatoms. The van der Waals surface area contributed by atoms with Crippen molar-refractivity contribution in [1.82, 2.24) is 5.32 Å². The van der Waals surface area contributed by atoms with Gasteiger partial charge in [0.1, 0.15) is 0 Å². The van der Waals surface area contributed by atoms with E-state index in [1.807, 2.05) is 12.1 Å². The van der Waals surface area contributed by atoms with Crippen molar-refractivity contribution in [2.75, 3.05) is 24.8 Å². The molecule has 1 atom stereocenters. The number of rotatable bonds is 4. The van der Waals surface area contributed by atoms with Gasteiger partial charge in [0.15, 0.2) is 11.5 Å². The second-order valence-corrected chi connectivity index (χ2v) is 6.77. The van der Waals surface area contributed by atoms with Crippen LogP contribution in [0.3, 0.4) is 0 Å². The molecule has 1 saturated heterocycles. The number of amides is 2. The lowest BCUT2D eigenvalue weighted by molar-refractivity contribution is -0.117. The maximum absolute atomic E-state index is 12.4. The molecule has 0 radical (unpaired) electrons. The molecule has 0 bridgehead atoms. The average Bonchev–Trinajstić information content (AvgIpc) is 3.26. The molecule has 4 rings (SSSR count). The van der Waals surface area contributed by atoms with E-state index in [0.717, 1.165) is 5.69 Å². The zero-order valence-corrected chi connectivity index (χ0v) is 14.7. The van der Waals surface area contributed by atoms with E-state index in [9.17, 15) is 9.59 Å². The van der Waals surface area contributed by atoms with Crippen LogP contribution in [0.15, 0.2) is 42.5 Å². The van der Waals surface area contributed by atoms with Gasteiger partial charge in [-0.3, -0.25) is 9.59 Å². The maximum Gasteiger partial charge on any atom is 0.251 e. The fourth-order valence-corrected chi connectivity index (χ4v) is 3.29. The van der Waals surface area contributed by atoms with Gasteiger partial charge in [0.2, 0.25) is 12.7 Å². The normalized spacial score (nSPS) is 18.3. The summed E-state index contributed by atoms with van der Waals surface area (Å²) in [6.45, 7) is 1.18. The molecule has 2 aromatic carbocycles. The number of fused-ring (bicyclic) bond motifs is 1. The number of carbonyl (C=O) groups is 2. The van der Waals surface area contributed by atoms with Gasteiger partial charge in [-0.05, 0) is 42.5 Å². The number of anilines is 1. The molecule has 0 aliphatic carbocycles. The van der Waals surface area contributed by atoms with Crippen LogP contribution in [0.2, 0.25) is 5.02 Å². The standard InChI is InChI=1S/C19H17ClN2O4/c20-14-2-4-15(5-3-14)22-10-12(7-18(22)23)9-21-19(24)13-1-6-16-17(8-13)26-11-25-16/h1-6,8,12H,7,9-11H2,(H,21,24). The van der Waals surface area contributed by atoms with E-state index in [-0.39, 0.29) is 24.5 Å². The first-order valence-corrected chi connectivity index (χ1v) is 8.72. The summed E-state index contributed by atoms with van der Waals surface area (Å²) in [6, 6.07) is 12.3. The van der Waals surface area contributed by atoms with E-state index in [0.29, 0.717) is 41.6 Å². The second-order valence-electron chi connectivity index (χ2n) is 6.33. The largest absolute Gasteiger partial charge is 0.454 e. The predicted molar refractivity (Wildman–Crippen MR) is 96.8 cm³/mol. The molecule has 0 aromatic heterocycles. The van der Waals surface area contributed by atoms with Crippen LogP contribution >= 0.6 is 11.6 Å². The second kappa shape index (κ2) is 6.88. The Balaban J connectivity index is 1.35. The average molecular weight is 373 g/mol. The number of nitrogens with one attached hydrogen (secondary N) is 1. The zero-order chi connectivity index (χ0) is 18.1.